The molecule has 3 aromatic heterocycles. The first-order valence-corrected chi connectivity index (χ1v) is 9.29. The molecule has 26 heavy (non-hydrogen) atoms. The molecular formula is C18H22N8. The number of imidazole rings is 1. The number of anilines is 1. The van der Waals surface area contributed by atoms with Gasteiger partial charge in [0.15, 0.2) is 5.82 Å². The van der Waals surface area contributed by atoms with Crippen LogP contribution >= 0.6 is 0 Å². The van der Waals surface area contributed by atoms with Gasteiger partial charge in [0.05, 0.1) is 19.1 Å². The van der Waals surface area contributed by atoms with E-state index in [0.717, 1.165) is 44.1 Å². The molecule has 0 unspecified atom stereocenters. The molecule has 5 rings (SSSR count). The van der Waals surface area contributed by atoms with Gasteiger partial charge in [-0.1, -0.05) is 0 Å². The van der Waals surface area contributed by atoms with Gasteiger partial charge in [0.25, 0.3) is 0 Å². The molecule has 1 aliphatic carbocycles. The molecular weight excluding hydrogens is 328 g/mol. The lowest BCUT2D eigenvalue weighted by Crippen LogP contribution is -2.34. The molecule has 8 nitrogen and oxygen atoms in total. The van der Waals surface area contributed by atoms with E-state index < -0.39 is 0 Å². The van der Waals surface area contributed by atoms with Crippen molar-refractivity contribution in [3.8, 4) is 0 Å². The summed E-state index contributed by atoms with van der Waals surface area (Å²) in [5.41, 5.74) is 0. The number of hydrogen-bond acceptors (Lipinski definition) is 6. The van der Waals surface area contributed by atoms with Crippen molar-refractivity contribution in [2.75, 3.05) is 18.0 Å². The lowest BCUT2D eigenvalue weighted by atomic mass is 9.96. The van der Waals surface area contributed by atoms with Crippen molar-refractivity contribution in [3.05, 3.63) is 49.0 Å². The van der Waals surface area contributed by atoms with Gasteiger partial charge in [-0.15, -0.1) is 10.2 Å². The molecule has 4 heterocycles. The molecule has 0 N–H and O–H groups in total. The molecule has 8 heteroatoms. The molecule has 2 fully saturated rings. The number of nitrogens with zero attached hydrogens (tertiary/aromatic N) is 8. The summed E-state index contributed by atoms with van der Waals surface area (Å²) < 4.78 is 4.46. The predicted molar refractivity (Wildman–Crippen MR) is 95.8 cm³/mol. The van der Waals surface area contributed by atoms with E-state index in [-0.39, 0.29) is 0 Å². The van der Waals surface area contributed by atoms with Crippen LogP contribution in [0.4, 0.5) is 5.82 Å². The van der Waals surface area contributed by atoms with Crippen LogP contribution in [0.15, 0.2) is 37.3 Å². The Balaban J connectivity index is 1.33. The number of piperidine rings is 1. The maximum atomic E-state index is 4.61. The normalized spacial score (nSPS) is 18.4. The summed E-state index contributed by atoms with van der Waals surface area (Å²) >= 11 is 0. The van der Waals surface area contributed by atoms with Crippen molar-refractivity contribution in [3.63, 3.8) is 0 Å². The number of rotatable bonds is 5. The third-order valence-corrected chi connectivity index (χ3v) is 5.32. The molecule has 0 amide bonds. The van der Waals surface area contributed by atoms with Crippen LogP contribution in [0, 0.1) is 0 Å². The van der Waals surface area contributed by atoms with E-state index in [9.17, 15) is 0 Å². The number of aromatic nitrogens is 7. The highest BCUT2D eigenvalue weighted by Crippen LogP contribution is 2.40. The van der Waals surface area contributed by atoms with Gasteiger partial charge in [0, 0.05) is 49.8 Å². The third kappa shape index (κ3) is 2.95. The smallest absolute Gasteiger partial charge is 0.153 e. The zero-order valence-corrected chi connectivity index (χ0v) is 14.6. The van der Waals surface area contributed by atoms with Gasteiger partial charge in [-0.2, -0.15) is 0 Å². The van der Waals surface area contributed by atoms with E-state index in [4.69, 9.17) is 0 Å². The van der Waals surface area contributed by atoms with Crippen LogP contribution in [0.2, 0.25) is 0 Å². The van der Waals surface area contributed by atoms with Crippen LogP contribution in [0.3, 0.4) is 0 Å². The molecule has 2 aliphatic rings. The quantitative estimate of drug-likeness (QED) is 0.701. The summed E-state index contributed by atoms with van der Waals surface area (Å²) in [6, 6.07) is 0.580. The third-order valence-electron chi connectivity index (χ3n) is 5.32. The zero-order chi connectivity index (χ0) is 17.3. The average molecular weight is 350 g/mol. The second-order valence-electron chi connectivity index (χ2n) is 7.14. The fourth-order valence-electron chi connectivity index (χ4n) is 3.82. The Bertz CT molecular complexity index is 845. The fourth-order valence-corrected chi connectivity index (χ4v) is 3.82. The fraction of sp³-hybridized carbons (Fsp3) is 0.500. The highest BCUT2D eigenvalue weighted by Gasteiger charge is 2.33. The molecule has 0 atom stereocenters. The van der Waals surface area contributed by atoms with Crippen molar-refractivity contribution >= 4 is 5.82 Å². The van der Waals surface area contributed by atoms with Gasteiger partial charge in [0.1, 0.15) is 11.6 Å². The van der Waals surface area contributed by atoms with Crippen LogP contribution in [0.1, 0.15) is 49.3 Å². The molecule has 1 saturated heterocycles. The molecule has 0 spiro atoms. The van der Waals surface area contributed by atoms with E-state index in [1.807, 2.05) is 18.7 Å². The van der Waals surface area contributed by atoms with Crippen LogP contribution in [-0.4, -0.2) is 47.4 Å². The van der Waals surface area contributed by atoms with E-state index in [0.29, 0.717) is 12.0 Å². The summed E-state index contributed by atoms with van der Waals surface area (Å²) in [5, 5.41) is 9.15. The summed E-state index contributed by atoms with van der Waals surface area (Å²) in [7, 11) is 0. The molecule has 1 saturated carbocycles. The van der Waals surface area contributed by atoms with Crippen LogP contribution < -0.4 is 4.90 Å². The molecule has 1 aliphatic heterocycles. The van der Waals surface area contributed by atoms with E-state index in [1.54, 1.807) is 18.6 Å². The Morgan fingerprint density at radius 1 is 0.962 bits per heavy atom. The van der Waals surface area contributed by atoms with E-state index in [2.05, 4.69) is 39.2 Å². The minimum atomic E-state index is 0.465. The molecule has 134 valence electrons. The minimum Gasteiger partial charge on any atom is -0.355 e. The van der Waals surface area contributed by atoms with Gasteiger partial charge in [-0.3, -0.25) is 4.98 Å². The van der Waals surface area contributed by atoms with E-state index in [1.165, 1.54) is 18.7 Å². The largest absolute Gasteiger partial charge is 0.355 e. The highest BCUT2D eigenvalue weighted by molar-refractivity contribution is 5.36. The first kappa shape index (κ1) is 15.5. The summed E-state index contributed by atoms with van der Waals surface area (Å²) in [5.74, 6) is 3.65. The molecule has 0 bridgehead atoms. The molecule has 3 aromatic rings. The summed E-state index contributed by atoms with van der Waals surface area (Å²) in [6.07, 6.45) is 15.6. The van der Waals surface area contributed by atoms with Gasteiger partial charge in [0.2, 0.25) is 0 Å². The summed E-state index contributed by atoms with van der Waals surface area (Å²) in [6.45, 7) is 2.71. The first-order valence-electron chi connectivity index (χ1n) is 9.29. The van der Waals surface area contributed by atoms with Crippen LogP contribution in [-0.2, 0) is 6.54 Å². The van der Waals surface area contributed by atoms with Crippen LogP contribution in [0.5, 0.6) is 0 Å². The predicted octanol–water partition coefficient (Wildman–Crippen LogP) is 2.03. The van der Waals surface area contributed by atoms with Crippen molar-refractivity contribution in [1.82, 2.24) is 34.3 Å². The Morgan fingerprint density at radius 2 is 1.85 bits per heavy atom. The number of hydrogen-bond donors (Lipinski definition) is 0. The summed E-state index contributed by atoms with van der Waals surface area (Å²) in [4.78, 5) is 15.1. The SMILES string of the molecule is c1cnc(N2CCC(c3nnc(Cn4ccnc4)n3C3CC3)CC2)cn1. The van der Waals surface area contributed by atoms with Crippen molar-refractivity contribution in [1.29, 1.82) is 0 Å². The van der Waals surface area contributed by atoms with Gasteiger partial charge in [-0.25, -0.2) is 9.97 Å². The maximum absolute atomic E-state index is 4.61. The average Bonchev–Trinajstić information content (AvgIpc) is 3.24. The Labute approximate surface area is 151 Å². The van der Waals surface area contributed by atoms with Gasteiger partial charge in [-0.05, 0) is 25.7 Å². The second-order valence-corrected chi connectivity index (χ2v) is 7.14. The minimum absolute atomic E-state index is 0.465. The second kappa shape index (κ2) is 6.51. The Kier molecular flexibility index (Phi) is 3.88. The lowest BCUT2D eigenvalue weighted by molar-refractivity contribution is 0.459. The standard InChI is InChI=1S/C18H22N8/c1-2-15(1)26-17(12-24-10-7-20-13-24)22-23-18(26)14-3-8-25(9-4-14)16-11-19-5-6-21-16/h5-7,10-11,13-15H,1-4,8-9,12H2. The van der Waals surface area contributed by atoms with Crippen molar-refractivity contribution in [2.45, 2.75) is 44.2 Å². The topological polar surface area (TPSA) is 77.5 Å². The lowest BCUT2D eigenvalue weighted by Gasteiger charge is -2.32. The highest BCUT2D eigenvalue weighted by atomic mass is 15.3. The van der Waals surface area contributed by atoms with Gasteiger partial charge < -0.3 is 14.0 Å². The molecule has 0 radical (unpaired) electrons. The van der Waals surface area contributed by atoms with E-state index >= 15 is 0 Å². The first-order chi connectivity index (χ1) is 12.9. The monoisotopic (exact) mass is 350 g/mol. The maximum Gasteiger partial charge on any atom is 0.153 e. The van der Waals surface area contributed by atoms with Crippen molar-refractivity contribution in [2.24, 2.45) is 0 Å². The Hall–Kier alpha value is -2.77. The Morgan fingerprint density at radius 3 is 2.54 bits per heavy atom. The van der Waals surface area contributed by atoms with Crippen molar-refractivity contribution < 1.29 is 0 Å². The van der Waals surface area contributed by atoms with Gasteiger partial charge >= 0.3 is 0 Å². The zero-order valence-electron chi connectivity index (χ0n) is 14.6. The molecule has 0 aromatic carbocycles. The van der Waals surface area contributed by atoms with Crippen LogP contribution in [0.25, 0.3) is 0 Å².